The van der Waals surface area contributed by atoms with Crippen molar-refractivity contribution >= 4 is 32.9 Å². The fraction of sp³-hybridized carbons (Fsp3) is 0.333. The molecule has 32 heavy (non-hydrogen) atoms. The number of carbonyl (C=O) groups is 2. The predicted octanol–water partition coefficient (Wildman–Crippen LogP) is 4.17. The van der Waals surface area contributed by atoms with Gasteiger partial charge in [-0.3, -0.25) is 4.79 Å². The number of rotatable bonds is 5. The van der Waals surface area contributed by atoms with E-state index in [0.717, 1.165) is 15.1 Å². The molecule has 0 N–H and O–H groups in total. The number of benzene rings is 2. The number of aromatic nitrogens is 1. The minimum atomic E-state index is -4.11. The molecule has 0 aliphatic carbocycles. The summed E-state index contributed by atoms with van der Waals surface area (Å²) >= 11 is 0. The molecule has 3 aromatic rings. The highest BCUT2D eigenvalue weighted by Crippen LogP contribution is 2.29. The maximum Gasteiger partial charge on any atom is 0.355 e. The molecule has 0 fully saturated rings. The van der Waals surface area contributed by atoms with Crippen molar-refractivity contribution in [2.75, 3.05) is 7.11 Å². The zero-order valence-electron chi connectivity index (χ0n) is 19.1. The molecule has 170 valence electrons. The van der Waals surface area contributed by atoms with Crippen LogP contribution in [0.4, 0.5) is 0 Å². The molecule has 0 saturated carbocycles. The lowest BCUT2D eigenvalue weighted by molar-refractivity contribution is -0.153. The SMILES string of the molecule is COC(=O)c1cc2cc(C)c(CC(=O)OC(C)(C)C)cc2n1S(=O)(=O)c1ccc(C)cc1. The topological polar surface area (TPSA) is 91.7 Å². The van der Waals surface area contributed by atoms with Crippen molar-refractivity contribution in [3.63, 3.8) is 0 Å². The molecule has 0 aliphatic heterocycles. The van der Waals surface area contributed by atoms with Gasteiger partial charge in [-0.1, -0.05) is 17.7 Å². The monoisotopic (exact) mass is 457 g/mol. The summed E-state index contributed by atoms with van der Waals surface area (Å²) in [4.78, 5) is 24.9. The summed E-state index contributed by atoms with van der Waals surface area (Å²) in [5.41, 5.74) is 1.84. The molecular weight excluding hydrogens is 430 g/mol. The first kappa shape index (κ1) is 23.5. The van der Waals surface area contributed by atoms with Crippen molar-refractivity contribution in [1.29, 1.82) is 0 Å². The lowest BCUT2D eigenvalue weighted by Gasteiger charge is -2.20. The Morgan fingerprint density at radius 2 is 1.62 bits per heavy atom. The molecule has 0 unspecified atom stereocenters. The highest BCUT2D eigenvalue weighted by atomic mass is 32.2. The van der Waals surface area contributed by atoms with E-state index >= 15 is 0 Å². The maximum atomic E-state index is 13.5. The van der Waals surface area contributed by atoms with Gasteiger partial charge < -0.3 is 9.47 Å². The third-order valence-corrected chi connectivity index (χ3v) is 6.67. The molecule has 1 aromatic heterocycles. The summed E-state index contributed by atoms with van der Waals surface area (Å²) in [5, 5.41) is 0.548. The number of hydrogen-bond donors (Lipinski definition) is 0. The van der Waals surface area contributed by atoms with Crippen molar-refractivity contribution < 1.29 is 27.5 Å². The lowest BCUT2D eigenvalue weighted by Crippen LogP contribution is -2.25. The van der Waals surface area contributed by atoms with Crippen LogP contribution in [0.5, 0.6) is 0 Å². The summed E-state index contributed by atoms with van der Waals surface area (Å²) in [6.45, 7) is 9.02. The largest absolute Gasteiger partial charge is 0.464 e. The van der Waals surface area contributed by atoms with Gasteiger partial charge >= 0.3 is 11.9 Å². The van der Waals surface area contributed by atoms with Crippen LogP contribution in [0, 0.1) is 13.8 Å². The zero-order valence-corrected chi connectivity index (χ0v) is 19.9. The van der Waals surface area contributed by atoms with Crippen molar-refractivity contribution in [1.82, 2.24) is 3.97 Å². The molecular formula is C24H27NO6S. The summed E-state index contributed by atoms with van der Waals surface area (Å²) in [5.74, 6) is -1.20. The number of nitrogens with zero attached hydrogens (tertiary/aromatic N) is 1. The Kier molecular flexibility index (Phi) is 6.20. The Morgan fingerprint density at radius 3 is 2.19 bits per heavy atom. The molecule has 0 aliphatic rings. The molecule has 3 rings (SSSR count). The molecule has 0 atom stereocenters. The minimum Gasteiger partial charge on any atom is -0.464 e. The second-order valence-corrected chi connectivity index (χ2v) is 10.5. The van der Waals surface area contributed by atoms with Crippen LogP contribution in [-0.4, -0.2) is 37.0 Å². The van der Waals surface area contributed by atoms with Gasteiger partial charge in [0.25, 0.3) is 10.0 Å². The van der Waals surface area contributed by atoms with E-state index in [0.29, 0.717) is 10.9 Å². The number of methoxy groups -OCH3 is 1. The second kappa shape index (κ2) is 8.43. The van der Waals surface area contributed by atoms with Crippen LogP contribution in [0.25, 0.3) is 10.9 Å². The van der Waals surface area contributed by atoms with Crippen LogP contribution < -0.4 is 0 Å². The molecule has 0 amide bonds. The van der Waals surface area contributed by atoms with E-state index < -0.39 is 27.6 Å². The first-order chi connectivity index (χ1) is 14.8. The number of ether oxygens (including phenoxy) is 2. The lowest BCUT2D eigenvalue weighted by atomic mass is 10.0. The van der Waals surface area contributed by atoms with Crippen LogP contribution in [0.3, 0.4) is 0 Å². The molecule has 7 nitrogen and oxygen atoms in total. The molecule has 0 spiro atoms. The highest BCUT2D eigenvalue weighted by Gasteiger charge is 2.28. The molecule has 1 heterocycles. The molecule has 2 aromatic carbocycles. The van der Waals surface area contributed by atoms with Crippen LogP contribution in [0.1, 0.15) is 48.0 Å². The molecule has 0 saturated heterocycles. The Bertz CT molecular complexity index is 1290. The summed E-state index contributed by atoms with van der Waals surface area (Å²) in [6.07, 6.45) is -0.0254. The van der Waals surface area contributed by atoms with Gasteiger partial charge in [-0.2, -0.15) is 0 Å². The molecule has 0 bridgehead atoms. The van der Waals surface area contributed by atoms with Crippen molar-refractivity contribution in [2.24, 2.45) is 0 Å². The number of esters is 2. The van der Waals surface area contributed by atoms with Gasteiger partial charge in [0.2, 0.25) is 0 Å². The smallest absolute Gasteiger partial charge is 0.355 e. The fourth-order valence-corrected chi connectivity index (χ4v) is 4.93. The Labute approximate surface area is 188 Å². The quantitative estimate of drug-likeness (QED) is 0.534. The predicted molar refractivity (Wildman–Crippen MR) is 121 cm³/mol. The van der Waals surface area contributed by atoms with E-state index in [1.54, 1.807) is 45.0 Å². The normalized spacial score (nSPS) is 12.1. The van der Waals surface area contributed by atoms with Gasteiger partial charge in [-0.15, -0.1) is 0 Å². The van der Waals surface area contributed by atoms with Crippen LogP contribution in [0.2, 0.25) is 0 Å². The van der Waals surface area contributed by atoms with E-state index in [-0.39, 0.29) is 22.5 Å². The Hall–Kier alpha value is -3.13. The van der Waals surface area contributed by atoms with Crippen molar-refractivity contribution in [3.8, 4) is 0 Å². The van der Waals surface area contributed by atoms with Crippen molar-refractivity contribution in [3.05, 3.63) is 64.8 Å². The Balaban J connectivity index is 2.22. The number of hydrogen-bond acceptors (Lipinski definition) is 6. The maximum absolute atomic E-state index is 13.5. The third-order valence-electron chi connectivity index (χ3n) is 4.92. The van der Waals surface area contributed by atoms with Gasteiger partial charge in [-0.25, -0.2) is 17.2 Å². The molecule has 8 heteroatoms. The number of fused-ring (bicyclic) bond motifs is 1. The van der Waals surface area contributed by atoms with Gasteiger partial charge in [0.1, 0.15) is 11.3 Å². The number of aryl methyl sites for hydroxylation is 2. The van der Waals surface area contributed by atoms with Gasteiger partial charge in [0, 0.05) is 5.39 Å². The first-order valence-electron chi connectivity index (χ1n) is 10.1. The van der Waals surface area contributed by atoms with E-state index in [4.69, 9.17) is 9.47 Å². The summed E-state index contributed by atoms with van der Waals surface area (Å²) in [6, 6.07) is 11.2. The minimum absolute atomic E-state index is 0.0254. The third kappa shape index (κ3) is 4.70. The first-order valence-corrected chi connectivity index (χ1v) is 11.5. The van der Waals surface area contributed by atoms with Crippen LogP contribution in [0.15, 0.2) is 47.4 Å². The van der Waals surface area contributed by atoms with Crippen LogP contribution in [-0.2, 0) is 30.7 Å². The summed E-state index contributed by atoms with van der Waals surface area (Å²) in [7, 11) is -2.92. The van der Waals surface area contributed by atoms with Gasteiger partial charge in [-0.05, 0) is 76.1 Å². The fourth-order valence-electron chi connectivity index (χ4n) is 3.43. The van der Waals surface area contributed by atoms with Crippen molar-refractivity contribution in [2.45, 2.75) is 51.5 Å². The van der Waals surface area contributed by atoms with Crippen LogP contribution >= 0.6 is 0 Å². The average molecular weight is 458 g/mol. The van der Waals surface area contributed by atoms with Gasteiger partial charge in [0.05, 0.1) is 23.9 Å². The van der Waals surface area contributed by atoms with E-state index in [9.17, 15) is 18.0 Å². The standard InChI is InChI=1S/C24H27NO6S/c1-15-7-9-19(10-8-15)32(28,29)25-20-12-17(14-22(26)31-24(3,4)5)16(2)11-18(20)13-21(25)23(27)30-6/h7-13H,14H2,1-6H3. The van der Waals surface area contributed by atoms with E-state index in [1.165, 1.54) is 25.3 Å². The van der Waals surface area contributed by atoms with E-state index in [1.807, 2.05) is 13.8 Å². The number of carbonyl (C=O) groups excluding carboxylic acids is 2. The highest BCUT2D eigenvalue weighted by molar-refractivity contribution is 7.90. The van der Waals surface area contributed by atoms with Gasteiger partial charge in [0.15, 0.2) is 0 Å². The zero-order chi connectivity index (χ0) is 23.8. The Morgan fingerprint density at radius 1 is 1.00 bits per heavy atom. The molecule has 0 radical (unpaired) electrons. The second-order valence-electron chi connectivity index (χ2n) is 8.70. The van der Waals surface area contributed by atoms with E-state index in [2.05, 4.69) is 0 Å². The summed E-state index contributed by atoms with van der Waals surface area (Å²) < 4.78 is 38.3. The average Bonchev–Trinajstić information content (AvgIpc) is 3.05.